The van der Waals surface area contributed by atoms with E-state index in [4.69, 9.17) is 0 Å². The topological polar surface area (TPSA) is 85.0 Å². The minimum atomic E-state index is -4.42. The fourth-order valence-corrected chi connectivity index (χ4v) is 4.46. The van der Waals surface area contributed by atoms with Crippen LogP contribution < -0.4 is 15.5 Å². The third-order valence-corrected chi connectivity index (χ3v) is 6.43. The van der Waals surface area contributed by atoms with Crippen LogP contribution in [0.15, 0.2) is 48.5 Å². The van der Waals surface area contributed by atoms with Crippen molar-refractivity contribution in [2.45, 2.75) is 18.6 Å². The number of benzene rings is 2. The number of carbonyl (C=O) groups is 3. The summed E-state index contributed by atoms with van der Waals surface area (Å²) in [4.78, 5) is 43.2. The van der Waals surface area contributed by atoms with E-state index in [1.54, 1.807) is 6.07 Å². The summed E-state index contributed by atoms with van der Waals surface area (Å²) in [5.74, 6) is -1.66. The van der Waals surface area contributed by atoms with Crippen molar-refractivity contribution in [2.24, 2.45) is 0 Å². The number of anilines is 2. The highest BCUT2D eigenvalue weighted by Gasteiger charge is 2.36. The first-order valence-corrected chi connectivity index (χ1v) is 11.9. The van der Waals surface area contributed by atoms with Crippen LogP contribution >= 0.6 is 0 Å². The van der Waals surface area contributed by atoms with E-state index in [2.05, 4.69) is 10.6 Å². The number of halogens is 4. The van der Waals surface area contributed by atoms with Crippen molar-refractivity contribution < 1.29 is 31.9 Å². The minimum Gasteiger partial charge on any atom is -0.369 e. The number of carbonyl (C=O) groups excluding carboxylic acids is 3. The van der Waals surface area contributed by atoms with E-state index in [1.807, 2.05) is 9.80 Å². The van der Waals surface area contributed by atoms with Gasteiger partial charge in [-0.05, 0) is 42.5 Å². The number of piperazine rings is 2. The second-order valence-electron chi connectivity index (χ2n) is 8.96. The molecule has 2 heterocycles. The Morgan fingerprint density at radius 1 is 1.00 bits per heavy atom. The van der Waals surface area contributed by atoms with Crippen LogP contribution in [-0.2, 0) is 20.6 Å². The van der Waals surface area contributed by atoms with Crippen LogP contribution in [0.5, 0.6) is 0 Å². The zero-order valence-corrected chi connectivity index (χ0v) is 19.9. The van der Waals surface area contributed by atoms with Gasteiger partial charge in [-0.25, -0.2) is 4.39 Å². The van der Waals surface area contributed by atoms with Crippen LogP contribution in [0.1, 0.15) is 12.0 Å². The molecule has 0 radical (unpaired) electrons. The molecule has 12 heteroatoms. The predicted molar refractivity (Wildman–Crippen MR) is 128 cm³/mol. The number of alkyl halides is 3. The Hall–Kier alpha value is -3.67. The molecule has 0 aliphatic carbocycles. The van der Waals surface area contributed by atoms with Crippen LogP contribution in [0.2, 0.25) is 0 Å². The average Bonchev–Trinajstić information content (AvgIpc) is 2.86. The van der Waals surface area contributed by atoms with Gasteiger partial charge in [-0.15, -0.1) is 0 Å². The molecule has 2 aromatic carbocycles. The second-order valence-corrected chi connectivity index (χ2v) is 8.96. The molecule has 198 valence electrons. The SMILES string of the molecule is O=C(C[C@@H]1C(=O)NCCN1C(=O)CN1CCN(c2cccc(C(F)(F)F)c2)CC1)Nc1ccc(F)cc1. The highest BCUT2D eigenvalue weighted by molar-refractivity contribution is 5.97. The summed E-state index contributed by atoms with van der Waals surface area (Å²) in [6, 6.07) is 9.38. The fourth-order valence-electron chi connectivity index (χ4n) is 4.46. The normalized spacial score (nSPS) is 18.9. The first-order chi connectivity index (χ1) is 17.6. The van der Waals surface area contributed by atoms with Gasteiger partial charge in [0, 0.05) is 50.6 Å². The molecule has 0 bridgehead atoms. The van der Waals surface area contributed by atoms with Gasteiger partial charge in [0.1, 0.15) is 11.9 Å². The molecule has 0 spiro atoms. The second kappa shape index (κ2) is 11.2. The maximum atomic E-state index is 13.1. The van der Waals surface area contributed by atoms with Crippen LogP contribution in [-0.4, -0.2) is 79.4 Å². The van der Waals surface area contributed by atoms with E-state index in [-0.39, 0.29) is 32.0 Å². The number of amides is 3. The first-order valence-electron chi connectivity index (χ1n) is 11.9. The van der Waals surface area contributed by atoms with Gasteiger partial charge in [0.2, 0.25) is 17.7 Å². The Morgan fingerprint density at radius 2 is 1.70 bits per heavy atom. The van der Waals surface area contributed by atoms with E-state index < -0.39 is 35.4 Å². The largest absolute Gasteiger partial charge is 0.416 e. The third kappa shape index (κ3) is 6.76. The molecule has 2 N–H and O–H groups in total. The average molecular weight is 522 g/mol. The van der Waals surface area contributed by atoms with Crippen LogP contribution in [0.3, 0.4) is 0 Å². The fraction of sp³-hybridized carbons (Fsp3) is 0.400. The molecule has 4 rings (SSSR count). The van der Waals surface area contributed by atoms with E-state index in [0.29, 0.717) is 37.6 Å². The molecule has 37 heavy (non-hydrogen) atoms. The molecule has 1 atom stereocenters. The lowest BCUT2D eigenvalue weighted by Gasteiger charge is -2.39. The van der Waals surface area contributed by atoms with E-state index in [1.165, 1.54) is 35.2 Å². The molecular weight excluding hydrogens is 494 g/mol. The van der Waals surface area contributed by atoms with E-state index in [0.717, 1.165) is 12.1 Å². The van der Waals surface area contributed by atoms with E-state index in [9.17, 15) is 31.9 Å². The maximum absolute atomic E-state index is 13.1. The molecule has 2 saturated heterocycles. The molecule has 2 aromatic rings. The van der Waals surface area contributed by atoms with Crippen LogP contribution in [0, 0.1) is 5.82 Å². The number of nitrogens with one attached hydrogen (secondary N) is 2. The van der Waals surface area contributed by atoms with Crippen molar-refractivity contribution in [1.29, 1.82) is 0 Å². The van der Waals surface area contributed by atoms with Crippen molar-refractivity contribution in [3.05, 3.63) is 59.9 Å². The standard InChI is InChI=1S/C25H27F4N5O3/c26-18-4-6-19(7-5-18)31-22(35)15-21-24(37)30-8-9-34(21)23(36)16-32-10-12-33(13-11-32)20-3-1-2-17(14-20)25(27,28)29/h1-7,14,21H,8-13,15-16H2,(H,30,37)(H,31,35)/t21-/m1/s1. The van der Waals surface area contributed by atoms with Gasteiger partial charge in [-0.2, -0.15) is 13.2 Å². The summed E-state index contributed by atoms with van der Waals surface area (Å²) in [6.45, 7) is 2.35. The Bertz CT molecular complexity index is 1130. The summed E-state index contributed by atoms with van der Waals surface area (Å²) in [5, 5.41) is 5.28. The Kier molecular flexibility index (Phi) is 7.96. The highest BCUT2D eigenvalue weighted by atomic mass is 19.4. The van der Waals surface area contributed by atoms with Crippen molar-refractivity contribution in [2.75, 3.05) is 56.0 Å². The van der Waals surface area contributed by atoms with Crippen molar-refractivity contribution in [1.82, 2.24) is 15.1 Å². The molecule has 3 amide bonds. The van der Waals surface area contributed by atoms with Gasteiger partial charge in [-0.1, -0.05) is 6.07 Å². The van der Waals surface area contributed by atoms with Crippen LogP contribution in [0.4, 0.5) is 28.9 Å². The molecule has 0 unspecified atom stereocenters. The molecular formula is C25H27F4N5O3. The molecule has 0 aromatic heterocycles. The summed E-state index contributed by atoms with van der Waals surface area (Å²) >= 11 is 0. The Morgan fingerprint density at radius 3 is 2.38 bits per heavy atom. The molecule has 2 fully saturated rings. The van der Waals surface area contributed by atoms with Gasteiger partial charge in [-0.3, -0.25) is 19.3 Å². The van der Waals surface area contributed by atoms with Gasteiger partial charge in [0.15, 0.2) is 0 Å². The quantitative estimate of drug-likeness (QED) is 0.571. The number of rotatable bonds is 6. The smallest absolute Gasteiger partial charge is 0.369 e. The van der Waals surface area contributed by atoms with Gasteiger partial charge < -0.3 is 20.4 Å². The zero-order chi connectivity index (χ0) is 26.6. The lowest BCUT2D eigenvalue weighted by atomic mass is 10.1. The van der Waals surface area contributed by atoms with Crippen molar-refractivity contribution >= 4 is 29.1 Å². The number of hydrogen-bond donors (Lipinski definition) is 2. The highest BCUT2D eigenvalue weighted by Crippen LogP contribution is 2.32. The molecule has 2 aliphatic rings. The zero-order valence-electron chi connectivity index (χ0n) is 19.9. The first kappa shape index (κ1) is 26.4. The van der Waals surface area contributed by atoms with Crippen LogP contribution in [0.25, 0.3) is 0 Å². The number of hydrogen-bond acceptors (Lipinski definition) is 5. The molecule has 0 saturated carbocycles. The van der Waals surface area contributed by atoms with Gasteiger partial charge in [0.05, 0.1) is 18.5 Å². The molecule has 2 aliphatic heterocycles. The monoisotopic (exact) mass is 521 g/mol. The van der Waals surface area contributed by atoms with Crippen molar-refractivity contribution in [3.63, 3.8) is 0 Å². The predicted octanol–water partition coefficient (Wildman–Crippen LogP) is 2.32. The van der Waals surface area contributed by atoms with Gasteiger partial charge in [0.25, 0.3) is 0 Å². The maximum Gasteiger partial charge on any atom is 0.416 e. The lowest BCUT2D eigenvalue weighted by molar-refractivity contribution is -0.145. The van der Waals surface area contributed by atoms with Gasteiger partial charge >= 0.3 is 6.18 Å². The lowest BCUT2D eigenvalue weighted by Crippen LogP contribution is -2.60. The Balaban J connectivity index is 1.32. The number of nitrogens with zero attached hydrogens (tertiary/aromatic N) is 3. The summed E-state index contributed by atoms with van der Waals surface area (Å²) < 4.78 is 52.2. The summed E-state index contributed by atoms with van der Waals surface area (Å²) in [7, 11) is 0. The third-order valence-electron chi connectivity index (χ3n) is 6.43. The Labute approximate surface area is 211 Å². The van der Waals surface area contributed by atoms with E-state index >= 15 is 0 Å². The minimum absolute atomic E-state index is 0.0276. The van der Waals surface area contributed by atoms with Crippen molar-refractivity contribution in [3.8, 4) is 0 Å². The molecule has 8 nitrogen and oxygen atoms in total. The summed E-state index contributed by atoms with van der Waals surface area (Å²) in [6.07, 6.45) is -4.67. The summed E-state index contributed by atoms with van der Waals surface area (Å²) in [5.41, 5.74) is 0.139.